The van der Waals surface area contributed by atoms with Gasteiger partial charge in [0.25, 0.3) is 0 Å². The number of amides is 1. The zero-order valence-corrected chi connectivity index (χ0v) is 21.5. The lowest BCUT2D eigenvalue weighted by Crippen LogP contribution is -2.55. The number of hydrogen-bond acceptors (Lipinski definition) is 5. The Balaban J connectivity index is 2.50. The number of hydrogen-bond donors (Lipinski definition) is 2. The molecule has 1 amide bonds. The zero-order chi connectivity index (χ0) is 24.8. The summed E-state index contributed by atoms with van der Waals surface area (Å²) in [5.74, 6) is -0.0561. The largest absolute Gasteiger partial charge is 0.459 e. The molecule has 0 radical (unpaired) electrons. The first kappa shape index (κ1) is 27.3. The second-order valence-electron chi connectivity index (χ2n) is 10.6. The molecule has 1 heterocycles. The van der Waals surface area contributed by atoms with Crippen molar-refractivity contribution in [3.05, 3.63) is 35.9 Å². The summed E-state index contributed by atoms with van der Waals surface area (Å²) in [6, 6.07) is 9.24. The lowest BCUT2D eigenvalue weighted by Gasteiger charge is -2.39. The van der Waals surface area contributed by atoms with Crippen molar-refractivity contribution in [2.45, 2.75) is 111 Å². The number of carbonyl (C=O) groups is 2. The number of likely N-dealkylation sites (tertiary alicyclic amines) is 1. The van der Waals surface area contributed by atoms with E-state index >= 15 is 0 Å². The fourth-order valence-corrected chi connectivity index (χ4v) is 5.14. The molecule has 6 nitrogen and oxygen atoms in total. The molecule has 186 valence electrons. The number of nitrogens with one attached hydrogen (secondary N) is 1. The Kier molecular flexibility index (Phi) is 9.92. The highest BCUT2D eigenvalue weighted by molar-refractivity contribution is 5.77. The van der Waals surface area contributed by atoms with E-state index < -0.39 is 17.7 Å². The minimum absolute atomic E-state index is 0.0873. The highest BCUT2D eigenvalue weighted by Crippen LogP contribution is 2.38. The first-order valence-corrected chi connectivity index (χ1v) is 12.4. The topological polar surface area (TPSA) is 78.9 Å². The van der Waals surface area contributed by atoms with Gasteiger partial charge in [-0.25, -0.2) is 0 Å². The monoisotopic (exact) mass is 460 g/mol. The third kappa shape index (κ3) is 7.82. The van der Waals surface area contributed by atoms with Gasteiger partial charge >= 0.3 is 5.97 Å². The summed E-state index contributed by atoms with van der Waals surface area (Å²) < 4.78 is 5.80. The molecule has 1 aliphatic heterocycles. The van der Waals surface area contributed by atoms with Crippen LogP contribution in [0.25, 0.3) is 0 Å². The Morgan fingerprint density at radius 1 is 1.18 bits per heavy atom. The lowest BCUT2D eigenvalue weighted by molar-refractivity contribution is -0.161. The van der Waals surface area contributed by atoms with Crippen LogP contribution in [0.15, 0.2) is 30.3 Å². The number of rotatable bonds is 10. The van der Waals surface area contributed by atoms with Gasteiger partial charge in [-0.1, -0.05) is 57.0 Å². The van der Waals surface area contributed by atoms with Crippen LogP contribution < -0.4 is 5.32 Å². The molecule has 1 fully saturated rings. The molecule has 0 spiro atoms. The van der Waals surface area contributed by atoms with Crippen molar-refractivity contribution in [1.29, 1.82) is 0 Å². The van der Waals surface area contributed by atoms with Crippen molar-refractivity contribution >= 4 is 11.9 Å². The minimum atomic E-state index is -0.612. The molecule has 6 heteroatoms. The number of aliphatic hydroxyl groups is 1. The Bertz CT molecular complexity index is 755. The van der Waals surface area contributed by atoms with Crippen LogP contribution in [0.3, 0.4) is 0 Å². The van der Waals surface area contributed by atoms with Crippen LogP contribution in [0.5, 0.6) is 0 Å². The van der Waals surface area contributed by atoms with Crippen LogP contribution in [0.2, 0.25) is 0 Å². The molecule has 1 aromatic carbocycles. The molecule has 1 saturated heterocycles. The number of ether oxygens (including phenoxy) is 1. The molecule has 2 N–H and O–H groups in total. The van der Waals surface area contributed by atoms with Gasteiger partial charge in [-0.15, -0.1) is 0 Å². The molecule has 0 bridgehead atoms. The predicted molar refractivity (Wildman–Crippen MR) is 131 cm³/mol. The Labute approximate surface area is 200 Å². The van der Waals surface area contributed by atoms with Crippen molar-refractivity contribution in [2.24, 2.45) is 11.8 Å². The molecule has 1 aromatic rings. The molecular formula is C27H44N2O4. The Hall–Kier alpha value is -1.92. The average molecular weight is 461 g/mol. The Morgan fingerprint density at radius 2 is 1.79 bits per heavy atom. The number of carbonyl (C=O) groups excluding carboxylic acids is 2. The number of esters is 1. The summed E-state index contributed by atoms with van der Waals surface area (Å²) >= 11 is 0. The van der Waals surface area contributed by atoms with Crippen molar-refractivity contribution in [3.63, 3.8) is 0 Å². The lowest BCUT2D eigenvalue weighted by atomic mass is 9.83. The summed E-state index contributed by atoms with van der Waals surface area (Å²) in [6.07, 6.45) is 2.74. The minimum Gasteiger partial charge on any atom is -0.459 e. The zero-order valence-electron chi connectivity index (χ0n) is 21.5. The summed E-state index contributed by atoms with van der Waals surface area (Å²) in [4.78, 5) is 27.7. The first-order valence-electron chi connectivity index (χ1n) is 12.4. The molecule has 2 rings (SSSR count). The van der Waals surface area contributed by atoms with Crippen molar-refractivity contribution in [2.75, 3.05) is 0 Å². The number of benzene rings is 1. The van der Waals surface area contributed by atoms with Gasteiger partial charge in [-0.3, -0.25) is 14.5 Å². The van der Waals surface area contributed by atoms with Gasteiger partial charge in [0.05, 0.1) is 6.10 Å². The first-order chi connectivity index (χ1) is 15.5. The SMILES string of the molecule is CCC(CC)CC(NC(C)=O)[C@H]1[C@H]([C@H](C)O)C[C@H](C(=O)OC(C)(C)C)N1Cc1ccccc1. The summed E-state index contributed by atoms with van der Waals surface area (Å²) in [7, 11) is 0. The van der Waals surface area contributed by atoms with E-state index in [0.717, 1.165) is 24.8 Å². The molecule has 0 saturated carbocycles. The highest BCUT2D eigenvalue weighted by Gasteiger charge is 2.50. The maximum absolute atomic E-state index is 13.3. The van der Waals surface area contributed by atoms with Crippen LogP contribution in [0.4, 0.5) is 0 Å². The van der Waals surface area contributed by atoms with E-state index in [2.05, 4.69) is 24.1 Å². The van der Waals surface area contributed by atoms with Crippen LogP contribution in [-0.2, 0) is 20.9 Å². The molecule has 5 atom stereocenters. The van der Waals surface area contributed by atoms with Crippen molar-refractivity contribution < 1.29 is 19.4 Å². The number of aliphatic hydroxyl groups excluding tert-OH is 1. The molecule has 0 aromatic heterocycles. The maximum atomic E-state index is 13.3. The van der Waals surface area contributed by atoms with E-state index in [4.69, 9.17) is 4.74 Å². The molecule has 33 heavy (non-hydrogen) atoms. The van der Waals surface area contributed by atoms with Gasteiger partial charge < -0.3 is 15.2 Å². The van der Waals surface area contributed by atoms with Crippen molar-refractivity contribution in [1.82, 2.24) is 10.2 Å². The quantitative estimate of drug-likeness (QED) is 0.509. The van der Waals surface area contributed by atoms with E-state index in [1.54, 1.807) is 13.8 Å². The average Bonchev–Trinajstić information content (AvgIpc) is 3.10. The Morgan fingerprint density at radius 3 is 2.27 bits per heavy atom. The smallest absolute Gasteiger partial charge is 0.323 e. The van der Waals surface area contributed by atoms with E-state index in [0.29, 0.717) is 18.9 Å². The predicted octanol–water partition coefficient (Wildman–Crippen LogP) is 4.30. The normalized spacial score (nSPS) is 23.4. The summed E-state index contributed by atoms with van der Waals surface area (Å²) in [5, 5.41) is 14.0. The highest BCUT2D eigenvalue weighted by atomic mass is 16.6. The third-order valence-electron chi connectivity index (χ3n) is 6.77. The van der Waals surface area contributed by atoms with Crippen LogP contribution >= 0.6 is 0 Å². The van der Waals surface area contributed by atoms with E-state index in [9.17, 15) is 14.7 Å². The fourth-order valence-electron chi connectivity index (χ4n) is 5.14. The van der Waals surface area contributed by atoms with E-state index in [-0.39, 0.29) is 29.9 Å². The summed E-state index contributed by atoms with van der Waals surface area (Å²) in [5.41, 5.74) is 0.493. The maximum Gasteiger partial charge on any atom is 0.323 e. The second kappa shape index (κ2) is 12.0. The van der Waals surface area contributed by atoms with Crippen LogP contribution in [-0.4, -0.2) is 51.7 Å². The second-order valence-corrected chi connectivity index (χ2v) is 10.6. The molecule has 1 aliphatic rings. The van der Waals surface area contributed by atoms with Crippen LogP contribution in [0, 0.1) is 11.8 Å². The van der Waals surface area contributed by atoms with Gasteiger partial charge in [-0.2, -0.15) is 0 Å². The molecular weight excluding hydrogens is 416 g/mol. The number of nitrogens with zero attached hydrogens (tertiary/aromatic N) is 1. The third-order valence-corrected chi connectivity index (χ3v) is 6.77. The van der Waals surface area contributed by atoms with Gasteiger partial charge in [0.15, 0.2) is 0 Å². The van der Waals surface area contributed by atoms with Gasteiger partial charge in [0, 0.05) is 31.5 Å². The van der Waals surface area contributed by atoms with Gasteiger partial charge in [-0.05, 0) is 52.0 Å². The molecule has 0 aliphatic carbocycles. The van der Waals surface area contributed by atoms with Gasteiger partial charge in [0.1, 0.15) is 11.6 Å². The fraction of sp³-hybridized carbons (Fsp3) is 0.704. The van der Waals surface area contributed by atoms with E-state index in [1.807, 2.05) is 51.1 Å². The van der Waals surface area contributed by atoms with Gasteiger partial charge in [0.2, 0.25) is 5.91 Å². The van der Waals surface area contributed by atoms with Crippen molar-refractivity contribution in [3.8, 4) is 0 Å². The standard InChI is InChI=1S/C27H44N2O4/c1-8-20(9-2)15-23(28-19(4)31)25-22(18(3)30)16-24(26(32)33-27(5,6)7)29(25)17-21-13-11-10-12-14-21/h10-14,18,20,22-25,30H,8-9,15-17H2,1-7H3,(H,28,31)/t18-,22-,23?,24+,25+/m0/s1. The summed E-state index contributed by atoms with van der Waals surface area (Å²) in [6.45, 7) is 13.8. The van der Waals surface area contributed by atoms with E-state index in [1.165, 1.54) is 0 Å². The van der Waals surface area contributed by atoms with Crippen LogP contribution in [0.1, 0.15) is 79.7 Å². The molecule has 1 unspecified atom stereocenters.